The van der Waals surface area contributed by atoms with Gasteiger partial charge in [-0.1, -0.05) is 0 Å². The summed E-state index contributed by atoms with van der Waals surface area (Å²) in [6, 6.07) is 2.68. The number of hydrogen-bond donors (Lipinski definition) is 0. The Balaban J connectivity index is 3.35. The summed E-state index contributed by atoms with van der Waals surface area (Å²) in [5.41, 5.74) is -1.04. The molecule has 0 spiro atoms. The Morgan fingerprint density at radius 2 is 1.89 bits per heavy atom. The molecule has 98 valence electrons. The molecule has 0 atom stereocenters. The average molecular weight is 278 g/mol. The Labute approximate surface area is 102 Å². The number of sulfone groups is 1. The second-order valence-corrected chi connectivity index (χ2v) is 5.16. The highest BCUT2D eigenvalue weighted by Gasteiger charge is 2.31. The van der Waals surface area contributed by atoms with E-state index in [0.29, 0.717) is 0 Å². The highest BCUT2D eigenvalue weighted by Crippen LogP contribution is 2.32. The Morgan fingerprint density at radius 3 is 2.33 bits per heavy atom. The van der Waals surface area contributed by atoms with Crippen LogP contribution in [0.5, 0.6) is 5.75 Å². The first-order valence-electron chi connectivity index (χ1n) is 4.61. The summed E-state index contributed by atoms with van der Waals surface area (Å²) in [6.07, 6.45) is -3.66. The molecule has 0 aliphatic heterocycles. The number of methoxy groups -OCH3 is 1. The van der Waals surface area contributed by atoms with Crippen molar-refractivity contribution in [2.45, 2.75) is 6.18 Å². The van der Waals surface area contributed by atoms with Crippen LogP contribution in [0.25, 0.3) is 0 Å². The van der Waals surface area contributed by atoms with E-state index in [0.717, 1.165) is 24.5 Å². The average Bonchev–Trinajstić information content (AvgIpc) is 2.23. The van der Waals surface area contributed by atoms with Crippen LogP contribution >= 0.6 is 0 Å². The van der Waals surface area contributed by atoms with Gasteiger partial charge in [-0.25, -0.2) is 8.42 Å². The van der Waals surface area contributed by atoms with Crippen LogP contribution in [0.15, 0.2) is 18.2 Å². The van der Waals surface area contributed by atoms with E-state index < -0.39 is 21.6 Å². The molecule has 0 aliphatic rings. The first-order valence-corrected chi connectivity index (χ1v) is 6.50. The predicted molar refractivity (Wildman–Crippen MR) is 59.7 cm³/mol. The van der Waals surface area contributed by atoms with Gasteiger partial charge in [-0.05, 0) is 24.1 Å². The molecule has 0 saturated carbocycles. The Morgan fingerprint density at radius 1 is 1.28 bits per heavy atom. The van der Waals surface area contributed by atoms with E-state index in [2.05, 4.69) is 5.92 Å². The minimum absolute atomic E-state index is 0.0825. The summed E-state index contributed by atoms with van der Waals surface area (Å²) in [6.45, 7) is 0. The molecule has 0 amide bonds. The topological polar surface area (TPSA) is 43.4 Å². The van der Waals surface area contributed by atoms with E-state index in [-0.39, 0.29) is 11.3 Å². The minimum Gasteiger partial charge on any atom is -0.495 e. The van der Waals surface area contributed by atoms with Crippen molar-refractivity contribution in [3.05, 3.63) is 29.3 Å². The van der Waals surface area contributed by atoms with Crippen molar-refractivity contribution >= 4 is 9.84 Å². The second kappa shape index (κ2) is 4.90. The molecule has 0 saturated heterocycles. The zero-order valence-corrected chi connectivity index (χ0v) is 10.3. The van der Waals surface area contributed by atoms with Crippen LogP contribution in [-0.4, -0.2) is 21.8 Å². The first kappa shape index (κ1) is 14.4. The lowest BCUT2D eigenvalue weighted by Crippen LogP contribution is -2.05. The van der Waals surface area contributed by atoms with E-state index >= 15 is 0 Å². The third-order valence-corrected chi connectivity index (χ3v) is 2.37. The van der Waals surface area contributed by atoms with Crippen LogP contribution in [-0.2, 0) is 16.0 Å². The van der Waals surface area contributed by atoms with E-state index in [4.69, 9.17) is 4.74 Å². The van der Waals surface area contributed by atoms with Crippen molar-refractivity contribution in [2.75, 3.05) is 13.4 Å². The maximum absolute atomic E-state index is 12.5. The SMILES string of the molecule is COc1ccc(C(F)(F)F)cc1C#CS(C)(=O)=O. The van der Waals surface area contributed by atoms with Gasteiger partial charge >= 0.3 is 6.18 Å². The van der Waals surface area contributed by atoms with E-state index in [1.54, 1.807) is 0 Å². The number of rotatable bonds is 1. The van der Waals surface area contributed by atoms with Crippen molar-refractivity contribution in [1.82, 2.24) is 0 Å². The van der Waals surface area contributed by atoms with Crippen molar-refractivity contribution in [1.29, 1.82) is 0 Å². The maximum Gasteiger partial charge on any atom is 0.416 e. The summed E-state index contributed by atoms with van der Waals surface area (Å²) in [5, 5.41) is 1.87. The highest BCUT2D eigenvalue weighted by molar-refractivity contribution is 7.95. The van der Waals surface area contributed by atoms with Crippen molar-refractivity contribution in [3.8, 4) is 16.9 Å². The van der Waals surface area contributed by atoms with E-state index in [9.17, 15) is 21.6 Å². The van der Waals surface area contributed by atoms with Crippen LogP contribution in [0.3, 0.4) is 0 Å². The monoisotopic (exact) mass is 278 g/mol. The van der Waals surface area contributed by atoms with Crippen molar-refractivity contribution in [2.24, 2.45) is 0 Å². The zero-order valence-electron chi connectivity index (χ0n) is 9.50. The van der Waals surface area contributed by atoms with E-state index in [1.165, 1.54) is 7.11 Å². The molecule has 0 fully saturated rings. The fraction of sp³-hybridized carbons (Fsp3) is 0.273. The largest absolute Gasteiger partial charge is 0.495 e. The third kappa shape index (κ3) is 3.96. The van der Waals surface area contributed by atoms with Gasteiger partial charge < -0.3 is 4.74 Å². The summed E-state index contributed by atoms with van der Waals surface area (Å²) >= 11 is 0. The smallest absolute Gasteiger partial charge is 0.416 e. The van der Waals surface area contributed by atoms with Crippen molar-refractivity contribution < 1.29 is 26.3 Å². The van der Waals surface area contributed by atoms with Crippen molar-refractivity contribution in [3.63, 3.8) is 0 Å². The molecule has 1 aromatic rings. The van der Waals surface area contributed by atoms with Gasteiger partial charge in [0.05, 0.1) is 24.5 Å². The number of benzene rings is 1. The maximum atomic E-state index is 12.5. The molecule has 18 heavy (non-hydrogen) atoms. The van der Waals surface area contributed by atoms with Crippen LogP contribution in [0.2, 0.25) is 0 Å². The third-order valence-electron chi connectivity index (χ3n) is 1.90. The van der Waals surface area contributed by atoms with Crippen LogP contribution in [0.4, 0.5) is 13.2 Å². The minimum atomic E-state index is -4.52. The van der Waals surface area contributed by atoms with Gasteiger partial charge in [-0.2, -0.15) is 13.2 Å². The predicted octanol–water partition coefficient (Wildman–Crippen LogP) is 2.07. The molecule has 1 aromatic carbocycles. The lowest BCUT2D eigenvalue weighted by atomic mass is 10.1. The lowest BCUT2D eigenvalue weighted by molar-refractivity contribution is -0.137. The number of alkyl halides is 3. The summed E-state index contributed by atoms with van der Waals surface area (Å²) in [5.74, 6) is 2.24. The zero-order chi connectivity index (χ0) is 14.0. The fourth-order valence-corrected chi connectivity index (χ4v) is 1.43. The van der Waals surface area contributed by atoms with Gasteiger partial charge in [-0.3, -0.25) is 0 Å². The fourth-order valence-electron chi connectivity index (χ4n) is 1.13. The van der Waals surface area contributed by atoms with Gasteiger partial charge in [0, 0.05) is 5.25 Å². The van der Waals surface area contributed by atoms with Crippen LogP contribution in [0.1, 0.15) is 11.1 Å². The molecule has 0 unspecified atom stereocenters. The second-order valence-electron chi connectivity index (χ2n) is 3.41. The molecule has 0 bridgehead atoms. The molecule has 7 heteroatoms. The van der Waals surface area contributed by atoms with Gasteiger partial charge in [0.15, 0.2) is 0 Å². The first-order chi connectivity index (χ1) is 8.13. The molecule has 1 rings (SSSR count). The number of ether oxygens (including phenoxy) is 1. The van der Waals surface area contributed by atoms with Gasteiger partial charge in [0.2, 0.25) is 9.84 Å². The molecular weight excluding hydrogens is 269 g/mol. The quantitative estimate of drug-likeness (QED) is 0.739. The number of hydrogen-bond acceptors (Lipinski definition) is 3. The molecule has 0 N–H and O–H groups in total. The van der Waals surface area contributed by atoms with E-state index in [1.807, 2.05) is 5.25 Å². The Kier molecular flexibility index (Phi) is 3.92. The molecule has 3 nitrogen and oxygen atoms in total. The summed E-state index contributed by atoms with van der Waals surface area (Å²) < 4.78 is 63.9. The number of halogens is 3. The molecule has 0 aliphatic carbocycles. The van der Waals surface area contributed by atoms with Gasteiger partial charge in [-0.15, -0.1) is 0 Å². The van der Waals surface area contributed by atoms with Crippen LogP contribution < -0.4 is 4.74 Å². The normalized spacial score (nSPS) is 11.6. The van der Waals surface area contributed by atoms with Gasteiger partial charge in [0.25, 0.3) is 0 Å². The highest BCUT2D eigenvalue weighted by atomic mass is 32.2. The van der Waals surface area contributed by atoms with Crippen LogP contribution in [0, 0.1) is 11.2 Å². The van der Waals surface area contributed by atoms with Gasteiger partial charge in [0.1, 0.15) is 5.75 Å². The molecule has 0 radical (unpaired) electrons. The summed E-state index contributed by atoms with van der Waals surface area (Å²) in [4.78, 5) is 0. The Bertz CT molecular complexity index is 607. The standard InChI is InChI=1S/C11H9F3O3S/c1-17-10-4-3-9(11(12,13)14)7-8(10)5-6-18(2,15)16/h3-4,7H,1-2H3. The Hall–Kier alpha value is -1.68. The summed E-state index contributed by atoms with van der Waals surface area (Å²) in [7, 11) is -2.34. The molecule has 0 heterocycles. The molecule has 0 aromatic heterocycles. The molecular formula is C11H9F3O3S. The lowest BCUT2D eigenvalue weighted by Gasteiger charge is -2.09.